The molecule has 0 radical (unpaired) electrons. The van der Waals surface area contributed by atoms with Crippen molar-refractivity contribution in [2.24, 2.45) is 0 Å². The lowest BCUT2D eigenvalue weighted by Crippen LogP contribution is -2.25. The molecule has 0 heterocycles. The predicted octanol–water partition coefficient (Wildman–Crippen LogP) is 13.0. The van der Waals surface area contributed by atoms with Crippen molar-refractivity contribution >= 4 is 34.1 Å². The van der Waals surface area contributed by atoms with Crippen LogP contribution in [0.1, 0.15) is 22.3 Å². The molecule has 53 heavy (non-hydrogen) atoms. The standard InChI is InChI=1S/C51H36N2/c1-6-18-39(19-7-1)36-37-51(40-20-8-2-9-21-40)49-29-17-16-28-47(49)48-35-34-46(38-50(48)51)53(43-26-14-5-15-27-43)45-32-30-44(31-33-45)52(41-22-10-3-11-23-41)42-24-12-4-13-25-42/h1-35,38H. The minimum Gasteiger partial charge on any atom is -0.311 e. The molecule has 250 valence electrons. The zero-order chi connectivity index (χ0) is 35.5. The molecule has 0 amide bonds. The summed E-state index contributed by atoms with van der Waals surface area (Å²) in [5, 5.41) is 0. The van der Waals surface area contributed by atoms with Crippen LogP contribution in [0.25, 0.3) is 11.1 Å². The first-order valence-corrected chi connectivity index (χ1v) is 18.0. The average Bonchev–Trinajstić information content (AvgIpc) is 3.52. The Morgan fingerprint density at radius 3 is 1.26 bits per heavy atom. The minimum atomic E-state index is -0.670. The third-order valence-corrected chi connectivity index (χ3v) is 10.1. The number of fused-ring (bicyclic) bond motifs is 3. The van der Waals surface area contributed by atoms with E-state index in [9.17, 15) is 0 Å². The Labute approximate surface area is 311 Å². The average molecular weight is 677 g/mol. The van der Waals surface area contributed by atoms with Gasteiger partial charge in [-0.25, -0.2) is 0 Å². The van der Waals surface area contributed by atoms with Crippen LogP contribution in [0.5, 0.6) is 0 Å². The second-order valence-electron chi connectivity index (χ2n) is 13.2. The summed E-state index contributed by atoms with van der Waals surface area (Å²) in [6.45, 7) is 0. The number of para-hydroxylation sites is 3. The maximum Gasteiger partial charge on any atom is 0.108 e. The summed E-state index contributed by atoms with van der Waals surface area (Å²) in [4.78, 5) is 4.64. The van der Waals surface area contributed by atoms with E-state index in [1.807, 2.05) is 6.07 Å². The minimum absolute atomic E-state index is 0.670. The highest BCUT2D eigenvalue weighted by Crippen LogP contribution is 2.54. The molecular formula is C51H36N2. The zero-order valence-corrected chi connectivity index (χ0v) is 29.2. The molecule has 8 aromatic carbocycles. The molecule has 0 saturated heterocycles. The van der Waals surface area contributed by atoms with Crippen molar-refractivity contribution < 1.29 is 0 Å². The summed E-state index contributed by atoms with van der Waals surface area (Å²) < 4.78 is 0. The van der Waals surface area contributed by atoms with E-state index in [1.54, 1.807) is 0 Å². The molecular weight excluding hydrogens is 641 g/mol. The second-order valence-corrected chi connectivity index (χ2v) is 13.2. The van der Waals surface area contributed by atoms with Crippen LogP contribution in [0.15, 0.2) is 218 Å². The predicted molar refractivity (Wildman–Crippen MR) is 221 cm³/mol. The van der Waals surface area contributed by atoms with Gasteiger partial charge in [0.25, 0.3) is 0 Å². The maximum atomic E-state index is 3.86. The van der Waals surface area contributed by atoms with Crippen LogP contribution in [-0.4, -0.2) is 0 Å². The lowest BCUT2D eigenvalue weighted by molar-refractivity contribution is 0.837. The van der Waals surface area contributed by atoms with E-state index in [4.69, 9.17) is 0 Å². The molecule has 8 aromatic rings. The van der Waals surface area contributed by atoms with Gasteiger partial charge in [-0.05, 0) is 113 Å². The molecule has 0 saturated carbocycles. The van der Waals surface area contributed by atoms with E-state index >= 15 is 0 Å². The molecule has 1 aliphatic rings. The van der Waals surface area contributed by atoms with Crippen molar-refractivity contribution in [3.05, 3.63) is 241 Å². The van der Waals surface area contributed by atoms with Crippen molar-refractivity contribution in [3.63, 3.8) is 0 Å². The molecule has 0 aromatic heterocycles. The van der Waals surface area contributed by atoms with E-state index in [2.05, 4.69) is 234 Å². The molecule has 0 fully saturated rings. The molecule has 2 nitrogen and oxygen atoms in total. The number of nitrogens with zero attached hydrogens (tertiary/aromatic N) is 2. The maximum absolute atomic E-state index is 3.86. The first-order valence-electron chi connectivity index (χ1n) is 18.0. The zero-order valence-electron chi connectivity index (χ0n) is 29.2. The van der Waals surface area contributed by atoms with Gasteiger partial charge in [0.1, 0.15) is 5.41 Å². The molecule has 0 aliphatic heterocycles. The van der Waals surface area contributed by atoms with E-state index in [0.717, 1.165) is 45.3 Å². The molecule has 0 spiro atoms. The molecule has 1 atom stereocenters. The Morgan fingerprint density at radius 1 is 0.321 bits per heavy atom. The largest absolute Gasteiger partial charge is 0.311 e. The van der Waals surface area contributed by atoms with Crippen LogP contribution in [0, 0.1) is 11.8 Å². The van der Waals surface area contributed by atoms with Gasteiger partial charge >= 0.3 is 0 Å². The Bertz CT molecular complexity index is 2500. The third-order valence-electron chi connectivity index (χ3n) is 10.1. The Morgan fingerprint density at radius 2 is 0.717 bits per heavy atom. The summed E-state index contributed by atoms with van der Waals surface area (Å²) in [7, 11) is 0. The number of rotatable bonds is 7. The van der Waals surface area contributed by atoms with Gasteiger partial charge in [-0.1, -0.05) is 145 Å². The Balaban J connectivity index is 1.21. The van der Waals surface area contributed by atoms with Crippen molar-refractivity contribution in [2.45, 2.75) is 5.41 Å². The summed E-state index contributed by atoms with van der Waals surface area (Å²) in [5.74, 6) is 7.46. The van der Waals surface area contributed by atoms with Gasteiger partial charge in [-0.3, -0.25) is 0 Å². The third kappa shape index (κ3) is 5.85. The van der Waals surface area contributed by atoms with Crippen molar-refractivity contribution in [3.8, 4) is 23.0 Å². The van der Waals surface area contributed by atoms with Crippen LogP contribution in [0.4, 0.5) is 34.1 Å². The number of hydrogen-bond acceptors (Lipinski definition) is 2. The van der Waals surface area contributed by atoms with Crippen molar-refractivity contribution in [1.82, 2.24) is 0 Å². The van der Waals surface area contributed by atoms with E-state index in [0.29, 0.717) is 0 Å². The summed E-state index contributed by atoms with van der Waals surface area (Å²) >= 11 is 0. The smallest absolute Gasteiger partial charge is 0.108 e. The van der Waals surface area contributed by atoms with Crippen molar-refractivity contribution in [2.75, 3.05) is 9.80 Å². The second kappa shape index (κ2) is 13.9. The van der Waals surface area contributed by atoms with Crippen molar-refractivity contribution in [1.29, 1.82) is 0 Å². The van der Waals surface area contributed by atoms with Gasteiger partial charge in [-0.15, -0.1) is 0 Å². The SMILES string of the molecule is C(#CC1(c2ccccc2)c2ccccc2-c2ccc(N(c3ccccc3)c3ccc(N(c4ccccc4)c4ccccc4)cc3)cc21)c1ccccc1. The highest BCUT2D eigenvalue weighted by molar-refractivity contribution is 5.90. The lowest BCUT2D eigenvalue weighted by Gasteiger charge is -2.30. The quantitative estimate of drug-likeness (QED) is 0.155. The molecule has 1 aliphatic carbocycles. The topological polar surface area (TPSA) is 6.48 Å². The van der Waals surface area contributed by atoms with E-state index in [-0.39, 0.29) is 0 Å². The number of hydrogen-bond donors (Lipinski definition) is 0. The molecule has 2 heteroatoms. The lowest BCUT2D eigenvalue weighted by atomic mass is 9.72. The van der Waals surface area contributed by atoms with Gasteiger partial charge < -0.3 is 9.80 Å². The molecule has 0 N–H and O–H groups in total. The summed E-state index contributed by atoms with van der Waals surface area (Å²) in [6, 6.07) is 77.3. The van der Waals surface area contributed by atoms with Gasteiger partial charge in [0, 0.05) is 39.7 Å². The summed E-state index contributed by atoms with van der Waals surface area (Å²) in [5.41, 5.74) is 12.8. The molecule has 0 bridgehead atoms. The summed E-state index contributed by atoms with van der Waals surface area (Å²) in [6.07, 6.45) is 0. The van der Waals surface area contributed by atoms with Gasteiger partial charge in [-0.2, -0.15) is 0 Å². The molecule has 1 unspecified atom stereocenters. The fourth-order valence-corrected chi connectivity index (χ4v) is 7.68. The van der Waals surface area contributed by atoms with Crippen LogP contribution >= 0.6 is 0 Å². The monoisotopic (exact) mass is 676 g/mol. The number of benzene rings is 8. The Kier molecular flexibility index (Phi) is 8.37. The fourth-order valence-electron chi connectivity index (χ4n) is 7.68. The molecule has 9 rings (SSSR count). The Hall–Kier alpha value is -7.08. The highest BCUT2D eigenvalue weighted by atomic mass is 15.2. The fraction of sp³-hybridized carbons (Fsp3) is 0.0196. The van der Waals surface area contributed by atoms with Gasteiger partial charge in [0.15, 0.2) is 0 Å². The first kappa shape index (κ1) is 31.9. The first-order chi connectivity index (χ1) is 26.3. The van der Waals surface area contributed by atoms with Crippen LogP contribution in [0.3, 0.4) is 0 Å². The van der Waals surface area contributed by atoms with E-state index in [1.165, 1.54) is 22.3 Å². The van der Waals surface area contributed by atoms with Gasteiger partial charge in [0.05, 0.1) is 0 Å². The number of anilines is 6. The normalized spacial score (nSPS) is 14.0. The van der Waals surface area contributed by atoms with Gasteiger partial charge in [0.2, 0.25) is 0 Å². The van der Waals surface area contributed by atoms with Crippen LogP contribution in [0.2, 0.25) is 0 Å². The van der Waals surface area contributed by atoms with Crippen LogP contribution < -0.4 is 9.80 Å². The van der Waals surface area contributed by atoms with E-state index < -0.39 is 5.41 Å². The van der Waals surface area contributed by atoms with Crippen LogP contribution in [-0.2, 0) is 5.41 Å². The highest BCUT2D eigenvalue weighted by Gasteiger charge is 2.44.